The molecule has 3 aliphatic heterocycles. The van der Waals surface area contributed by atoms with Gasteiger partial charge in [-0.1, -0.05) is 62.9 Å². The Kier molecular flexibility index (Phi) is 15.7. The Morgan fingerprint density at radius 1 is 0.897 bits per heavy atom. The maximum Gasteiger partial charge on any atom is 0.419 e. The lowest BCUT2D eigenvalue weighted by Gasteiger charge is -2.34. The summed E-state index contributed by atoms with van der Waals surface area (Å²) < 4.78 is 19.1. The van der Waals surface area contributed by atoms with Gasteiger partial charge in [0.1, 0.15) is 29.9 Å². The van der Waals surface area contributed by atoms with Crippen LogP contribution in [0.5, 0.6) is 5.75 Å². The Balaban J connectivity index is 0.855. The summed E-state index contributed by atoms with van der Waals surface area (Å²) in [5.74, 6) is 4.69. The summed E-state index contributed by atoms with van der Waals surface area (Å²) in [5, 5.41) is 3.67. The fourth-order valence-electron chi connectivity index (χ4n) is 8.76. The Bertz CT molecular complexity index is 2640. The number of benzene rings is 2. The molecular weight excluding hydrogens is 881 g/mol. The summed E-state index contributed by atoms with van der Waals surface area (Å²) in [6.07, 6.45) is 8.41. The lowest BCUT2D eigenvalue weighted by atomic mass is 10.0. The van der Waals surface area contributed by atoms with Gasteiger partial charge in [-0.25, -0.2) is 14.3 Å². The number of carbonyl (C=O) groups excluding carboxylic acids is 6. The Morgan fingerprint density at radius 3 is 2.41 bits per heavy atom. The molecule has 0 aliphatic carbocycles. The number of piperidine rings is 1. The summed E-state index contributed by atoms with van der Waals surface area (Å²) in [6, 6.07) is 15.5. The number of carbonyl (C=O) groups is 6. The number of rotatable bonds is 17. The van der Waals surface area contributed by atoms with Crippen LogP contribution in [0, 0.1) is 11.8 Å². The van der Waals surface area contributed by atoms with Crippen molar-refractivity contribution in [3.63, 3.8) is 0 Å². The lowest BCUT2D eigenvalue weighted by molar-refractivity contribution is -0.158. The van der Waals surface area contributed by atoms with Crippen molar-refractivity contribution in [2.24, 2.45) is 0 Å². The molecule has 2 fully saturated rings. The van der Waals surface area contributed by atoms with Crippen molar-refractivity contribution >= 4 is 60.4 Å². The molecule has 0 saturated carbocycles. The van der Waals surface area contributed by atoms with Crippen molar-refractivity contribution < 1.29 is 43.0 Å². The minimum Gasteiger partial charge on any atom is -0.494 e. The van der Waals surface area contributed by atoms with Gasteiger partial charge < -0.3 is 19.5 Å². The topological polar surface area (TPSA) is 170 Å². The van der Waals surface area contributed by atoms with E-state index in [-0.39, 0.29) is 48.6 Å². The van der Waals surface area contributed by atoms with Gasteiger partial charge in [0.05, 0.1) is 29.3 Å². The van der Waals surface area contributed by atoms with E-state index >= 15 is 0 Å². The molecule has 5 amide bonds. The molecule has 5 heterocycles. The molecule has 68 heavy (non-hydrogen) atoms. The monoisotopic (exact) mass is 944 g/mol. The van der Waals surface area contributed by atoms with E-state index in [1.54, 1.807) is 53.2 Å². The summed E-state index contributed by atoms with van der Waals surface area (Å²) in [4.78, 5) is 89.2. The number of hydrogen-bond donors (Lipinski definition) is 1. The second-order valence-electron chi connectivity index (χ2n) is 20.1. The number of hydrogen-bond acceptors (Lipinski definition) is 11. The van der Waals surface area contributed by atoms with Gasteiger partial charge in [-0.15, -0.1) is 0 Å². The van der Waals surface area contributed by atoms with E-state index in [2.05, 4.69) is 53.7 Å². The lowest BCUT2D eigenvalue weighted by Crippen LogP contribution is -2.56. The maximum absolute atomic E-state index is 13.7. The summed E-state index contributed by atoms with van der Waals surface area (Å²) in [5.41, 5.74) is 2.02. The van der Waals surface area contributed by atoms with Gasteiger partial charge in [-0.05, 0) is 109 Å². The van der Waals surface area contributed by atoms with Gasteiger partial charge in [-0.2, -0.15) is 0 Å². The number of fused-ring (bicyclic) bond motifs is 2. The molecule has 0 bridgehead atoms. The highest BCUT2D eigenvalue weighted by atomic mass is 28.3. The minimum atomic E-state index is -1.37. The highest BCUT2D eigenvalue weighted by molar-refractivity contribution is 6.76. The minimum absolute atomic E-state index is 0.0316. The average Bonchev–Trinajstić information content (AvgIpc) is 3.95. The zero-order valence-corrected chi connectivity index (χ0v) is 41.4. The van der Waals surface area contributed by atoms with Crippen LogP contribution >= 0.6 is 0 Å². The molecule has 360 valence electrons. The first kappa shape index (κ1) is 49.7. The average molecular weight is 945 g/mol. The summed E-state index contributed by atoms with van der Waals surface area (Å²) >= 11 is 0. The van der Waals surface area contributed by atoms with Crippen molar-refractivity contribution in [1.29, 1.82) is 0 Å². The molecule has 4 aromatic rings. The van der Waals surface area contributed by atoms with Crippen molar-refractivity contribution in [2.75, 3.05) is 38.9 Å². The van der Waals surface area contributed by atoms with Crippen LogP contribution in [-0.2, 0) is 19.1 Å². The SMILES string of the molecule is CN1CCC[C@@H]1c1cc2cnc(NC(=O)c3cccc(OCCCCCCCC#Cc4cccc5c4C(=O)N(C4CCC(=O)N(COCC[Si](C)(C)C)C4=O)C5=O)c3)cc2n1C(=O)OC(C)(C)C. The molecule has 7 rings (SSSR count). The summed E-state index contributed by atoms with van der Waals surface area (Å²) in [6.45, 7) is 13.8. The largest absolute Gasteiger partial charge is 0.494 e. The number of unbranched alkanes of at least 4 members (excludes halogenated alkanes) is 5. The van der Waals surface area contributed by atoms with E-state index in [9.17, 15) is 28.8 Å². The molecule has 16 heteroatoms. The second-order valence-corrected chi connectivity index (χ2v) is 25.7. The highest BCUT2D eigenvalue weighted by Gasteiger charge is 2.48. The number of nitrogens with one attached hydrogen (secondary N) is 1. The van der Waals surface area contributed by atoms with Crippen LogP contribution in [0.25, 0.3) is 10.9 Å². The molecule has 2 aromatic carbocycles. The van der Waals surface area contributed by atoms with Gasteiger partial charge in [0.2, 0.25) is 5.91 Å². The van der Waals surface area contributed by atoms with Crippen LogP contribution in [0.2, 0.25) is 25.7 Å². The molecule has 1 unspecified atom stereocenters. The fourth-order valence-corrected chi connectivity index (χ4v) is 9.52. The van der Waals surface area contributed by atoms with Gasteiger partial charge in [0, 0.05) is 62.0 Å². The highest BCUT2D eigenvalue weighted by Crippen LogP contribution is 2.36. The van der Waals surface area contributed by atoms with Crippen LogP contribution in [-0.4, -0.2) is 113 Å². The van der Waals surface area contributed by atoms with E-state index in [4.69, 9.17) is 14.2 Å². The van der Waals surface area contributed by atoms with E-state index in [0.717, 1.165) is 78.4 Å². The van der Waals surface area contributed by atoms with Crippen molar-refractivity contribution in [1.82, 2.24) is 24.3 Å². The van der Waals surface area contributed by atoms with E-state index < -0.39 is 43.5 Å². The van der Waals surface area contributed by atoms with Crippen LogP contribution in [0.4, 0.5) is 10.6 Å². The molecule has 2 saturated heterocycles. The van der Waals surface area contributed by atoms with Crippen LogP contribution in [0.3, 0.4) is 0 Å². The third kappa shape index (κ3) is 11.9. The number of likely N-dealkylation sites (tertiary alicyclic amines) is 2. The number of anilines is 1. The summed E-state index contributed by atoms with van der Waals surface area (Å²) in [7, 11) is 0.680. The Labute approximate surface area is 399 Å². The Hall–Kier alpha value is -6.15. The molecule has 0 spiro atoms. The first-order valence-corrected chi connectivity index (χ1v) is 27.5. The molecule has 2 aromatic heterocycles. The number of pyridine rings is 1. The first-order valence-electron chi connectivity index (χ1n) is 23.8. The quantitative estimate of drug-likeness (QED) is 0.0464. The van der Waals surface area contributed by atoms with Gasteiger partial charge in [-0.3, -0.25) is 38.7 Å². The van der Waals surface area contributed by atoms with Crippen molar-refractivity contribution in [2.45, 2.75) is 128 Å². The fraction of sp³-hybridized carbons (Fsp3) is 0.481. The zero-order valence-electron chi connectivity index (χ0n) is 40.4. The second kappa shape index (κ2) is 21.4. The van der Waals surface area contributed by atoms with E-state index in [0.29, 0.717) is 47.8 Å². The zero-order chi connectivity index (χ0) is 48.8. The van der Waals surface area contributed by atoms with E-state index in [1.807, 2.05) is 32.9 Å². The molecule has 3 aliphatic rings. The normalized spacial score (nSPS) is 17.7. The maximum atomic E-state index is 13.7. The number of imide groups is 2. The third-order valence-corrected chi connectivity index (χ3v) is 14.1. The number of ether oxygens (including phenoxy) is 3. The predicted octanol–water partition coefficient (Wildman–Crippen LogP) is 9.04. The van der Waals surface area contributed by atoms with Gasteiger partial charge in [0.15, 0.2) is 0 Å². The third-order valence-electron chi connectivity index (χ3n) is 12.4. The predicted molar refractivity (Wildman–Crippen MR) is 261 cm³/mol. The van der Waals surface area contributed by atoms with Crippen LogP contribution < -0.4 is 10.1 Å². The molecule has 1 N–H and O–H groups in total. The van der Waals surface area contributed by atoms with Crippen molar-refractivity contribution in [3.8, 4) is 17.6 Å². The van der Waals surface area contributed by atoms with Gasteiger partial charge >= 0.3 is 6.09 Å². The smallest absolute Gasteiger partial charge is 0.419 e. The number of amides is 5. The standard InChI is InChI=1S/C52H64N6O9Si/c1-52(2,3)67-51(64)57-42-32-44(53-33-37(42)31-43(57)40-23-17-26-55(40)4)54-47(60)36-20-15-21-38(30-36)66-27-14-12-10-8-9-11-13-18-35-19-16-22-39-46(35)50(63)58(48(39)61)41-24-25-45(59)56(49(41)62)34-65-28-29-68(5,6)7/h15-16,19-22,30-33,40-41H,8-12,14,17,23-29,34H2,1-7H3,(H,53,54,60)/t40-,41?/m1/s1. The molecule has 2 atom stereocenters. The first-order chi connectivity index (χ1) is 32.4. The van der Waals surface area contributed by atoms with Gasteiger partial charge in [0.25, 0.3) is 23.6 Å². The molecule has 15 nitrogen and oxygen atoms in total. The Morgan fingerprint density at radius 2 is 1.66 bits per heavy atom. The number of nitrogens with zero attached hydrogens (tertiary/aromatic N) is 5. The molecular formula is C52H64N6O9Si. The van der Waals surface area contributed by atoms with Crippen LogP contribution in [0.1, 0.15) is 133 Å². The molecule has 0 radical (unpaired) electrons. The van der Waals surface area contributed by atoms with Crippen molar-refractivity contribution in [3.05, 3.63) is 88.7 Å². The van der Waals surface area contributed by atoms with E-state index in [1.165, 1.54) is 0 Å². The van der Waals surface area contributed by atoms with Crippen LogP contribution in [0.15, 0.2) is 60.8 Å². The number of aromatic nitrogens is 2.